The van der Waals surface area contributed by atoms with Gasteiger partial charge >= 0.3 is 6.18 Å². The quantitative estimate of drug-likeness (QED) is 0.726. The van der Waals surface area contributed by atoms with Gasteiger partial charge in [-0.1, -0.05) is 11.6 Å². The Kier molecular flexibility index (Phi) is 2.87. The molecule has 1 aromatic heterocycles. The standard InChI is InChI=1S/C11H7ClF3NO/c1-17-9-5-6-4-7(11(13,14)15)2-3-8(6)16-10(9)12/h2-5H,1H3. The zero-order chi connectivity index (χ0) is 12.6. The van der Waals surface area contributed by atoms with E-state index in [1.165, 1.54) is 19.2 Å². The first-order chi connectivity index (χ1) is 7.91. The molecule has 0 saturated heterocycles. The molecule has 0 aliphatic carbocycles. The highest BCUT2D eigenvalue weighted by molar-refractivity contribution is 6.31. The van der Waals surface area contributed by atoms with Gasteiger partial charge in [0.25, 0.3) is 0 Å². The van der Waals surface area contributed by atoms with Crippen LogP contribution in [0.4, 0.5) is 13.2 Å². The molecule has 0 aliphatic rings. The van der Waals surface area contributed by atoms with Crippen molar-refractivity contribution in [2.24, 2.45) is 0 Å². The summed E-state index contributed by atoms with van der Waals surface area (Å²) in [6, 6.07) is 4.70. The fourth-order valence-electron chi connectivity index (χ4n) is 1.45. The van der Waals surface area contributed by atoms with Crippen molar-refractivity contribution in [1.82, 2.24) is 4.98 Å². The maximum Gasteiger partial charge on any atom is 0.416 e. The lowest BCUT2D eigenvalue weighted by Crippen LogP contribution is -2.04. The molecule has 6 heteroatoms. The molecule has 0 atom stereocenters. The van der Waals surface area contributed by atoms with Crippen molar-refractivity contribution in [2.45, 2.75) is 6.18 Å². The number of halogens is 4. The van der Waals surface area contributed by atoms with E-state index in [4.69, 9.17) is 16.3 Å². The Morgan fingerprint density at radius 1 is 1.24 bits per heavy atom. The van der Waals surface area contributed by atoms with Gasteiger partial charge < -0.3 is 4.74 Å². The van der Waals surface area contributed by atoms with Gasteiger partial charge in [0.05, 0.1) is 18.2 Å². The Labute approximate surface area is 100.0 Å². The van der Waals surface area contributed by atoms with E-state index in [1.54, 1.807) is 0 Å². The van der Waals surface area contributed by atoms with Crippen LogP contribution in [0.15, 0.2) is 24.3 Å². The number of hydrogen-bond acceptors (Lipinski definition) is 2. The number of methoxy groups -OCH3 is 1. The molecule has 0 amide bonds. The monoisotopic (exact) mass is 261 g/mol. The van der Waals surface area contributed by atoms with Crippen molar-refractivity contribution in [1.29, 1.82) is 0 Å². The molecule has 2 nitrogen and oxygen atoms in total. The maximum absolute atomic E-state index is 12.5. The number of benzene rings is 1. The Balaban J connectivity index is 2.65. The van der Waals surface area contributed by atoms with Gasteiger partial charge in [-0.05, 0) is 24.3 Å². The minimum absolute atomic E-state index is 0.125. The minimum atomic E-state index is -4.37. The molecule has 2 aromatic rings. The lowest BCUT2D eigenvalue weighted by molar-refractivity contribution is -0.137. The van der Waals surface area contributed by atoms with Gasteiger partial charge in [0.1, 0.15) is 0 Å². The van der Waals surface area contributed by atoms with Crippen LogP contribution in [0.25, 0.3) is 10.9 Å². The van der Waals surface area contributed by atoms with Gasteiger partial charge in [0, 0.05) is 5.39 Å². The molecule has 0 radical (unpaired) electrons. The Bertz CT molecular complexity index is 568. The highest BCUT2D eigenvalue weighted by Gasteiger charge is 2.30. The zero-order valence-electron chi connectivity index (χ0n) is 8.68. The second-order valence-corrected chi connectivity index (χ2v) is 3.74. The van der Waals surface area contributed by atoms with Gasteiger partial charge in [0.15, 0.2) is 10.9 Å². The molecule has 1 heterocycles. The zero-order valence-corrected chi connectivity index (χ0v) is 9.43. The smallest absolute Gasteiger partial charge is 0.416 e. The summed E-state index contributed by atoms with van der Waals surface area (Å²) in [5.74, 6) is 0.249. The number of nitrogens with zero attached hydrogens (tertiary/aromatic N) is 1. The third-order valence-electron chi connectivity index (χ3n) is 2.28. The summed E-state index contributed by atoms with van der Waals surface area (Å²) in [6.45, 7) is 0. The van der Waals surface area contributed by atoms with Crippen LogP contribution in [-0.4, -0.2) is 12.1 Å². The Morgan fingerprint density at radius 3 is 2.53 bits per heavy atom. The summed E-state index contributed by atoms with van der Waals surface area (Å²) < 4.78 is 42.4. The fourth-order valence-corrected chi connectivity index (χ4v) is 1.68. The first-order valence-corrected chi connectivity index (χ1v) is 5.01. The third kappa shape index (κ3) is 2.29. The summed E-state index contributed by atoms with van der Waals surface area (Å²) in [6.07, 6.45) is -4.37. The van der Waals surface area contributed by atoms with E-state index < -0.39 is 11.7 Å². The molecule has 17 heavy (non-hydrogen) atoms. The number of alkyl halides is 3. The van der Waals surface area contributed by atoms with Crippen LogP contribution in [0.3, 0.4) is 0 Å². The van der Waals surface area contributed by atoms with Gasteiger partial charge in [-0.25, -0.2) is 4.98 Å². The predicted octanol–water partition coefficient (Wildman–Crippen LogP) is 3.92. The first-order valence-electron chi connectivity index (χ1n) is 4.63. The van der Waals surface area contributed by atoms with Crippen LogP contribution >= 0.6 is 11.6 Å². The van der Waals surface area contributed by atoms with E-state index in [-0.39, 0.29) is 10.9 Å². The molecule has 0 unspecified atom stereocenters. The van der Waals surface area contributed by atoms with E-state index in [2.05, 4.69) is 4.98 Å². The normalized spacial score (nSPS) is 11.8. The third-order valence-corrected chi connectivity index (χ3v) is 2.55. The van der Waals surface area contributed by atoms with E-state index in [9.17, 15) is 13.2 Å². The predicted molar refractivity (Wildman–Crippen MR) is 58.3 cm³/mol. The van der Waals surface area contributed by atoms with Gasteiger partial charge in [-0.3, -0.25) is 0 Å². The van der Waals surface area contributed by atoms with Crippen LogP contribution in [0.2, 0.25) is 5.15 Å². The van der Waals surface area contributed by atoms with Crippen molar-refractivity contribution in [3.63, 3.8) is 0 Å². The molecular weight excluding hydrogens is 255 g/mol. The second kappa shape index (κ2) is 4.07. The Morgan fingerprint density at radius 2 is 1.94 bits per heavy atom. The van der Waals surface area contributed by atoms with E-state index in [1.807, 2.05) is 0 Å². The van der Waals surface area contributed by atoms with Crippen LogP contribution in [0, 0.1) is 0 Å². The SMILES string of the molecule is COc1cc2cc(C(F)(F)F)ccc2nc1Cl. The van der Waals surface area contributed by atoms with Crippen LogP contribution < -0.4 is 4.74 Å². The van der Waals surface area contributed by atoms with Gasteiger partial charge in [0.2, 0.25) is 0 Å². The van der Waals surface area contributed by atoms with Crippen molar-refractivity contribution in [3.05, 3.63) is 35.0 Å². The summed E-state index contributed by atoms with van der Waals surface area (Å²) in [5.41, 5.74) is -0.333. The number of aromatic nitrogens is 1. The highest BCUT2D eigenvalue weighted by Crippen LogP contribution is 2.33. The number of pyridine rings is 1. The number of fused-ring (bicyclic) bond motifs is 1. The molecule has 0 bridgehead atoms. The molecule has 0 N–H and O–H groups in total. The second-order valence-electron chi connectivity index (χ2n) is 3.39. The molecule has 1 aromatic carbocycles. The van der Waals surface area contributed by atoms with Gasteiger partial charge in [-0.2, -0.15) is 13.2 Å². The molecule has 2 rings (SSSR count). The molecule has 0 spiro atoms. The molecule has 0 aliphatic heterocycles. The maximum atomic E-state index is 12.5. The molecule has 0 saturated carbocycles. The van der Waals surface area contributed by atoms with E-state index in [0.29, 0.717) is 10.9 Å². The van der Waals surface area contributed by atoms with Crippen LogP contribution in [0.1, 0.15) is 5.56 Å². The highest BCUT2D eigenvalue weighted by atomic mass is 35.5. The Hall–Kier alpha value is -1.49. The largest absolute Gasteiger partial charge is 0.494 e. The van der Waals surface area contributed by atoms with Crippen LogP contribution in [0.5, 0.6) is 5.75 Å². The number of ether oxygens (including phenoxy) is 1. The van der Waals surface area contributed by atoms with E-state index in [0.717, 1.165) is 12.1 Å². The first kappa shape index (κ1) is 12.0. The van der Waals surface area contributed by atoms with Crippen LogP contribution in [-0.2, 0) is 6.18 Å². The number of rotatable bonds is 1. The van der Waals surface area contributed by atoms with E-state index >= 15 is 0 Å². The van der Waals surface area contributed by atoms with Crippen molar-refractivity contribution < 1.29 is 17.9 Å². The lowest BCUT2D eigenvalue weighted by Gasteiger charge is -2.09. The summed E-state index contributed by atoms with van der Waals surface area (Å²) >= 11 is 5.77. The summed E-state index contributed by atoms with van der Waals surface area (Å²) in [7, 11) is 1.38. The topological polar surface area (TPSA) is 22.1 Å². The average Bonchev–Trinajstić information content (AvgIpc) is 2.26. The molecule has 90 valence electrons. The van der Waals surface area contributed by atoms with Gasteiger partial charge in [-0.15, -0.1) is 0 Å². The molecular formula is C11H7ClF3NO. The van der Waals surface area contributed by atoms with Crippen molar-refractivity contribution in [2.75, 3.05) is 7.11 Å². The molecule has 0 fully saturated rings. The lowest BCUT2D eigenvalue weighted by atomic mass is 10.1. The minimum Gasteiger partial charge on any atom is -0.494 e. The summed E-state index contributed by atoms with van der Waals surface area (Å²) in [4.78, 5) is 3.94. The summed E-state index contributed by atoms with van der Waals surface area (Å²) in [5, 5.41) is 0.459. The fraction of sp³-hybridized carbons (Fsp3) is 0.182. The van der Waals surface area contributed by atoms with Crippen molar-refractivity contribution in [3.8, 4) is 5.75 Å². The number of hydrogen-bond donors (Lipinski definition) is 0. The van der Waals surface area contributed by atoms with Crippen molar-refractivity contribution >= 4 is 22.5 Å². The average molecular weight is 262 g/mol.